The van der Waals surface area contributed by atoms with Crippen LogP contribution < -0.4 is 10.1 Å². The number of hydrogen-bond donors (Lipinski definition) is 1. The lowest BCUT2D eigenvalue weighted by Crippen LogP contribution is -2.05. The number of carbonyl (C=O) groups excluding carboxylic acids is 1. The molecular weight excluding hydrogens is 275 g/mol. The van der Waals surface area contributed by atoms with E-state index >= 15 is 0 Å². The largest absolute Gasteiger partial charge is 0.494 e. The van der Waals surface area contributed by atoms with Crippen molar-refractivity contribution in [3.8, 4) is 5.75 Å². The number of esters is 1. The number of rotatable bonds is 5. The second-order valence-electron chi connectivity index (χ2n) is 4.13. The summed E-state index contributed by atoms with van der Waals surface area (Å²) in [4.78, 5) is 15.6. The number of benzene rings is 1. The molecule has 2 aromatic rings. The molecule has 1 aromatic carbocycles. The van der Waals surface area contributed by atoms with E-state index in [1.165, 1.54) is 25.4 Å². The molecule has 1 aromatic heterocycles. The third-order valence-corrected chi connectivity index (χ3v) is 2.70. The number of halogens is 1. The third kappa shape index (κ3) is 3.68. The summed E-state index contributed by atoms with van der Waals surface area (Å²) < 4.78 is 23.1. The van der Waals surface area contributed by atoms with E-state index in [9.17, 15) is 9.18 Å². The second kappa shape index (κ2) is 6.69. The number of nitrogens with one attached hydrogen (secondary N) is 1. The molecule has 0 aliphatic carbocycles. The van der Waals surface area contributed by atoms with Crippen LogP contribution >= 0.6 is 0 Å². The zero-order valence-corrected chi connectivity index (χ0v) is 11.7. The summed E-state index contributed by atoms with van der Waals surface area (Å²) in [6.45, 7) is 2.05. The Morgan fingerprint density at radius 3 is 2.76 bits per heavy atom. The molecule has 1 N–H and O–H groups in total. The summed E-state index contributed by atoms with van der Waals surface area (Å²) in [6.07, 6.45) is 1.42. The van der Waals surface area contributed by atoms with Gasteiger partial charge in [0, 0.05) is 18.0 Å². The quantitative estimate of drug-likeness (QED) is 0.857. The van der Waals surface area contributed by atoms with Gasteiger partial charge < -0.3 is 14.8 Å². The topological polar surface area (TPSA) is 60.5 Å². The minimum Gasteiger partial charge on any atom is -0.494 e. The van der Waals surface area contributed by atoms with Gasteiger partial charge in [-0.3, -0.25) is 0 Å². The summed E-state index contributed by atoms with van der Waals surface area (Å²) in [5.74, 6) is -0.187. The molecule has 0 saturated heterocycles. The van der Waals surface area contributed by atoms with Gasteiger partial charge in [0.25, 0.3) is 0 Å². The van der Waals surface area contributed by atoms with E-state index < -0.39 is 11.8 Å². The van der Waals surface area contributed by atoms with Crippen LogP contribution in [0.5, 0.6) is 5.75 Å². The fourth-order valence-corrected chi connectivity index (χ4v) is 1.69. The minimum atomic E-state index is -0.436. The molecule has 110 valence electrons. The van der Waals surface area contributed by atoms with Crippen molar-refractivity contribution in [1.82, 2.24) is 4.98 Å². The predicted octanol–water partition coefficient (Wildman–Crippen LogP) is 3.15. The molecule has 0 radical (unpaired) electrons. The first kappa shape index (κ1) is 14.8. The van der Waals surface area contributed by atoms with Gasteiger partial charge >= 0.3 is 5.97 Å². The van der Waals surface area contributed by atoms with E-state index in [-0.39, 0.29) is 5.75 Å². The van der Waals surface area contributed by atoms with Crippen LogP contribution in [0.4, 0.5) is 15.9 Å². The van der Waals surface area contributed by atoms with Crippen molar-refractivity contribution in [3.63, 3.8) is 0 Å². The standard InChI is InChI=1S/C15H15FN2O3/c1-3-21-15(19)10-4-7-14(17-9-10)18-11-5-6-12(16)13(8-11)20-2/h4-9H,3H2,1-2H3,(H,17,18). The van der Waals surface area contributed by atoms with Crippen LogP contribution in [0.1, 0.15) is 17.3 Å². The summed E-state index contributed by atoms with van der Waals surface area (Å²) in [7, 11) is 1.40. The van der Waals surface area contributed by atoms with E-state index in [1.807, 2.05) is 0 Å². The first-order valence-electron chi connectivity index (χ1n) is 6.37. The molecule has 0 spiro atoms. The average molecular weight is 290 g/mol. The number of nitrogens with zero attached hydrogens (tertiary/aromatic N) is 1. The van der Waals surface area contributed by atoms with Crippen molar-refractivity contribution in [2.24, 2.45) is 0 Å². The molecule has 0 aliphatic heterocycles. The fraction of sp³-hybridized carbons (Fsp3) is 0.200. The maximum atomic E-state index is 13.3. The molecule has 0 bridgehead atoms. The van der Waals surface area contributed by atoms with E-state index in [1.54, 1.807) is 25.1 Å². The van der Waals surface area contributed by atoms with Gasteiger partial charge in [-0.15, -0.1) is 0 Å². The summed E-state index contributed by atoms with van der Waals surface area (Å²) >= 11 is 0. The molecule has 6 heteroatoms. The molecule has 0 amide bonds. The third-order valence-electron chi connectivity index (χ3n) is 2.70. The molecule has 21 heavy (non-hydrogen) atoms. The van der Waals surface area contributed by atoms with Gasteiger partial charge in [0.15, 0.2) is 11.6 Å². The average Bonchev–Trinajstić information content (AvgIpc) is 2.50. The second-order valence-corrected chi connectivity index (χ2v) is 4.13. The number of hydrogen-bond acceptors (Lipinski definition) is 5. The summed E-state index contributed by atoms with van der Waals surface area (Å²) in [5, 5.41) is 2.99. The lowest BCUT2D eigenvalue weighted by Gasteiger charge is -2.08. The molecule has 0 aliphatic rings. The molecule has 0 saturated carbocycles. The molecule has 0 unspecified atom stereocenters. The molecular formula is C15H15FN2O3. The highest BCUT2D eigenvalue weighted by Gasteiger charge is 2.07. The first-order chi connectivity index (χ1) is 10.1. The Hall–Kier alpha value is -2.63. The Kier molecular flexibility index (Phi) is 4.71. The fourth-order valence-electron chi connectivity index (χ4n) is 1.69. The van der Waals surface area contributed by atoms with Crippen molar-refractivity contribution in [2.75, 3.05) is 19.0 Å². The van der Waals surface area contributed by atoms with Gasteiger partial charge in [-0.1, -0.05) is 0 Å². The maximum absolute atomic E-state index is 13.3. The minimum absolute atomic E-state index is 0.142. The SMILES string of the molecule is CCOC(=O)c1ccc(Nc2ccc(F)c(OC)c2)nc1. The normalized spacial score (nSPS) is 10.0. The van der Waals surface area contributed by atoms with Crippen LogP contribution in [0.3, 0.4) is 0 Å². The van der Waals surface area contributed by atoms with Gasteiger partial charge in [-0.25, -0.2) is 14.2 Å². The molecule has 5 nitrogen and oxygen atoms in total. The highest BCUT2D eigenvalue weighted by atomic mass is 19.1. The lowest BCUT2D eigenvalue weighted by atomic mass is 10.2. The Labute approximate surface area is 121 Å². The summed E-state index contributed by atoms with van der Waals surface area (Å²) in [6, 6.07) is 7.64. The van der Waals surface area contributed by atoms with E-state index in [2.05, 4.69) is 10.3 Å². The number of carbonyl (C=O) groups is 1. The Morgan fingerprint density at radius 1 is 1.33 bits per heavy atom. The number of aromatic nitrogens is 1. The smallest absolute Gasteiger partial charge is 0.339 e. The molecule has 2 rings (SSSR count). The molecule has 0 fully saturated rings. The van der Waals surface area contributed by atoms with Crippen LogP contribution in [-0.2, 0) is 4.74 Å². The van der Waals surface area contributed by atoms with E-state index in [0.29, 0.717) is 23.7 Å². The molecule has 1 heterocycles. The highest BCUT2D eigenvalue weighted by Crippen LogP contribution is 2.23. The number of methoxy groups -OCH3 is 1. The van der Waals surface area contributed by atoms with Crippen LogP contribution in [0.2, 0.25) is 0 Å². The van der Waals surface area contributed by atoms with Gasteiger partial charge in [-0.05, 0) is 31.2 Å². The zero-order valence-electron chi connectivity index (χ0n) is 11.7. The lowest BCUT2D eigenvalue weighted by molar-refractivity contribution is 0.0526. The van der Waals surface area contributed by atoms with Gasteiger partial charge in [0.1, 0.15) is 5.82 Å². The number of pyridine rings is 1. The Bertz CT molecular complexity index is 629. The maximum Gasteiger partial charge on any atom is 0.339 e. The Balaban J connectivity index is 2.11. The van der Waals surface area contributed by atoms with E-state index in [4.69, 9.17) is 9.47 Å². The molecule has 0 atom stereocenters. The Morgan fingerprint density at radius 2 is 2.14 bits per heavy atom. The van der Waals surface area contributed by atoms with Gasteiger partial charge in [0.2, 0.25) is 0 Å². The predicted molar refractivity (Wildman–Crippen MR) is 76.4 cm³/mol. The van der Waals surface area contributed by atoms with Crippen LogP contribution in [0, 0.1) is 5.82 Å². The highest BCUT2D eigenvalue weighted by molar-refractivity contribution is 5.89. The van der Waals surface area contributed by atoms with Crippen molar-refractivity contribution in [1.29, 1.82) is 0 Å². The van der Waals surface area contributed by atoms with E-state index in [0.717, 1.165) is 0 Å². The van der Waals surface area contributed by atoms with Gasteiger partial charge in [-0.2, -0.15) is 0 Å². The zero-order chi connectivity index (χ0) is 15.2. The number of ether oxygens (including phenoxy) is 2. The van der Waals surface area contributed by atoms with Crippen LogP contribution in [0.15, 0.2) is 36.5 Å². The van der Waals surface area contributed by atoms with Crippen LogP contribution in [-0.4, -0.2) is 24.7 Å². The summed E-state index contributed by atoms with van der Waals surface area (Å²) in [5.41, 5.74) is 1.00. The van der Waals surface area contributed by atoms with Crippen molar-refractivity contribution in [2.45, 2.75) is 6.92 Å². The first-order valence-corrected chi connectivity index (χ1v) is 6.37. The monoisotopic (exact) mass is 290 g/mol. The van der Waals surface area contributed by atoms with Crippen molar-refractivity contribution in [3.05, 3.63) is 47.9 Å². The van der Waals surface area contributed by atoms with Gasteiger partial charge in [0.05, 0.1) is 19.3 Å². The van der Waals surface area contributed by atoms with Crippen molar-refractivity contribution < 1.29 is 18.7 Å². The number of anilines is 2. The van der Waals surface area contributed by atoms with Crippen molar-refractivity contribution >= 4 is 17.5 Å². The van der Waals surface area contributed by atoms with Crippen LogP contribution in [0.25, 0.3) is 0 Å².